The number of sulfone groups is 1. The van der Waals surface area contributed by atoms with E-state index in [4.69, 9.17) is 16.3 Å². The fraction of sp³-hybridized carbons (Fsp3) is 0.357. The third-order valence-electron chi connectivity index (χ3n) is 7.05. The highest BCUT2D eigenvalue weighted by Crippen LogP contribution is 2.28. The molecule has 0 atom stereocenters. The second-order valence-corrected chi connectivity index (χ2v) is 12.1. The van der Waals surface area contributed by atoms with Gasteiger partial charge in [0.15, 0.2) is 9.84 Å². The van der Waals surface area contributed by atoms with Gasteiger partial charge in [0, 0.05) is 64.3 Å². The highest BCUT2D eigenvalue weighted by atomic mass is 35.5. The zero-order valence-electron chi connectivity index (χ0n) is 23.0. The van der Waals surface area contributed by atoms with E-state index >= 15 is 0 Å². The molecule has 1 heterocycles. The smallest absolute Gasteiger partial charge is 0.255 e. The highest BCUT2D eigenvalue weighted by Gasteiger charge is 2.37. The molecule has 2 aromatic rings. The maximum atomic E-state index is 13.6. The number of likely N-dealkylation sites (N-methyl/N-ethyl adjacent to an activating group) is 1. The summed E-state index contributed by atoms with van der Waals surface area (Å²) in [5, 5.41) is 2.86. The molecule has 0 spiro atoms. The quantitative estimate of drug-likeness (QED) is 0.453. The summed E-state index contributed by atoms with van der Waals surface area (Å²) in [6.07, 6.45) is 1.06. The number of hydrogen-bond acceptors (Lipinski definition) is 9. The molecule has 1 fully saturated rings. The maximum Gasteiger partial charge on any atom is 0.255 e. The van der Waals surface area contributed by atoms with Crippen molar-refractivity contribution in [2.24, 2.45) is 0 Å². The number of rotatable bonds is 9. The van der Waals surface area contributed by atoms with Crippen LogP contribution in [0.5, 0.6) is 0 Å². The second kappa shape index (κ2) is 12.5. The first kappa shape index (κ1) is 30.4. The molecule has 41 heavy (non-hydrogen) atoms. The third kappa shape index (κ3) is 6.35. The average Bonchev–Trinajstić information content (AvgIpc) is 2.95. The molecule has 0 bridgehead atoms. The van der Waals surface area contributed by atoms with Gasteiger partial charge in [-0.1, -0.05) is 35.9 Å². The monoisotopic (exact) mass is 602 g/mol. The van der Waals surface area contributed by atoms with Gasteiger partial charge in [0.05, 0.1) is 28.6 Å². The fourth-order valence-corrected chi connectivity index (χ4v) is 5.82. The number of nitrogens with zero attached hydrogens (tertiary/aromatic N) is 3. The summed E-state index contributed by atoms with van der Waals surface area (Å²) in [5.74, 6) is -1.52. The molecule has 1 saturated heterocycles. The first-order valence-electron chi connectivity index (χ1n) is 12.9. The normalized spacial score (nSPS) is 16.0. The number of piperazine rings is 1. The molecule has 2 aromatic carbocycles. The topological polar surface area (TPSA) is 133 Å². The van der Waals surface area contributed by atoms with Gasteiger partial charge in [-0.15, -0.1) is 0 Å². The SMILES string of the molecule is CNC1=C(N(CCOC)C(=O)CN2CCN(C(=O)c3ccc(S(C)(=O)=O)cc3Cl)CC2)C(=O)c2ccccc2C1=O. The van der Waals surface area contributed by atoms with E-state index in [0.29, 0.717) is 26.2 Å². The predicted molar refractivity (Wildman–Crippen MR) is 152 cm³/mol. The number of fused-ring (bicyclic) bond motifs is 1. The van der Waals surface area contributed by atoms with Crippen molar-refractivity contribution >= 4 is 44.8 Å². The Morgan fingerprint density at radius 2 is 1.66 bits per heavy atom. The Morgan fingerprint density at radius 1 is 1.02 bits per heavy atom. The molecule has 1 N–H and O–H groups in total. The molecule has 11 nitrogen and oxygen atoms in total. The van der Waals surface area contributed by atoms with Crippen LogP contribution in [0, 0.1) is 0 Å². The van der Waals surface area contributed by atoms with Crippen LogP contribution in [-0.2, 0) is 19.4 Å². The first-order chi connectivity index (χ1) is 19.5. The Labute approximate surface area is 243 Å². The average molecular weight is 603 g/mol. The molecule has 13 heteroatoms. The van der Waals surface area contributed by atoms with Gasteiger partial charge in [-0.2, -0.15) is 0 Å². The van der Waals surface area contributed by atoms with Gasteiger partial charge in [0.25, 0.3) is 5.91 Å². The summed E-state index contributed by atoms with van der Waals surface area (Å²) in [6, 6.07) is 10.5. The van der Waals surface area contributed by atoms with Crippen LogP contribution in [0.4, 0.5) is 0 Å². The molecule has 0 saturated carbocycles. The van der Waals surface area contributed by atoms with Crippen molar-refractivity contribution in [1.82, 2.24) is 20.0 Å². The Morgan fingerprint density at radius 3 is 2.22 bits per heavy atom. The maximum absolute atomic E-state index is 13.6. The van der Waals surface area contributed by atoms with Crippen LogP contribution in [-0.4, -0.2) is 113 Å². The summed E-state index contributed by atoms with van der Waals surface area (Å²) >= 11 is 6.23. The van der Waals surface area contributed by atoms with E-state index < -0.39 is 15.6 Å². The summed E-state index contributed by atoms with van der Waals surface area (Å²) < 4.78 is 28.8. The lowest BCUT2D eigenvalue weighted by atomic mass is 9.89. The molecule has 2 aliphatic rings. The second-order valence-electron chi connectivity index (χ2n) is 9.70. The van der Waals surface area contributed by atoms with Gasteiger partial charge in [-0.3, -0.25) is 24.1 Å². The lowest BCUT2D eigenvalue weighted by Crippen LogP contribution is -2.52. The molecule has 0 unspecified atom stereocenters. The van der Waals surface area contributed by atoms with E-state index in [1.165, 1.54) is 37.3 Å². The largest absolute Gasteiger partial charge is 0.383 e. The van der Waals surface area contributed by atoms with Gasteiger partial charge in [0.2, 0.25) is 17.5 Å². The molecular weight excluding hydrogens is 572 g/mol. The van der Waals surface area contributed by atoms with Crippen LogP contribution < -0.4 is 5.32 Å². The number of carbonyl (C=O) groups is 4. The Hall–Kier alpha value is -3.58. The standard InChI is InChI=1S/C28H31ClN4O7S/c1-30-24-25(27(36)20-7-5-4-6-19(20)26(24)35)33(14-15-40-2)23(34)17-31-10-12-32(13-11-31)28(37)21-9-8-18(16-22(21)29)41(3,38)39/h4-9,16,30H,10-15,17H2,1-3H3. The van der Waals surface area contributed by atoms with Gasteiger partial charge in [-0.25, -0.2) is 8.42 Å². The predicted octanol–water partition coefficient (Wildman–Crippen LogP) is 1.49. The lowest BCUT2D eigenvalue weighted by molar-refractivity contribution is -0.131. The Bertz CT molecular complexity index is 1530. The molecular formula is C28H31ClN4O7S. The molecule has 1 aliphatic heterocycles. The van der Waals surface area contributed by atoms with Crippen LogP contribution in [0.3, 0.4) is 0 Å². The summed E-state index contributed by atoms with van der Waals surface area (Å²) in [5.41, 5.74) is 0.738. The number of hydrogen-bond donors (Lipinski definition) is 1. The zero-order valence-corrected chi connectivity index (χ0v) is 24.5. The number of carbonyl (C=O) groups excluding carboxylic acids is 4. The number of ketones is 2. The Kier molecular flexibility index (Phi) is 9.27. The summed E-state index contributed by atoms with van der Waals surface area (Å²) in [6.45, 7) is 1.55. The van der Waals surface area contributed by atoms with Crippen molar-refractivity contribution in [3.05, 3.63) is 75.6 Å². The number of ether oxygens (including phenoxy) is 1. The lowest BCUT2D eigenvalue weighted by Gasteiger charge is -2.36. The minimum atomic E-state index is -3.47. The van der Waals surface area contributed by atoms with Gasteiger partial charge >= 0.3 is 0 Å². The Balaban J connectivity index is 1.48. The molecule has 1 aliphatic carbocycles. The fourth-order valence-electron chi connectivity index (χ4n) is 4.85. The third-order valence-corrected chi connectivity index (χ3v) is 8.48. The van der Waals surface area contributed by atoms with Gasteiger partial charge in [-0.05, 0) is 18.2 Å². The first-order valence-corrected chi connectivity index (χ1v) is 15.2. The highest BCUT2D eigenvalue weighted by molar-refractivity contribution is 7.90. The van der Waals surface area contributed by atoms with E-state index in [2.05, 4.69) is 5.32 Å². The van der Waals surface area contributed by atoms with Crippen molar-refractivity contribution in [2.75, 3.05) is 66.3 Å². The number of allylic oxidation sites excluding steroid dienone is 2. The van der Waals surface area contributed by atoms with Crippen molar-refractivity contribution in [3.63, 3.8) is 0 Å². The zero-order chi connectivity index (χ0) is 29.9. The minimum Gasteiger partial charge on any atom is -0.383 e. The number of methoxy groups -OCH3 is 1. The number of nitrogens with one attached hydrogen (secondary N) is 1. The van der Waals surface area contributed by atoms with Crippen LogP contribution in [0.1, 0.15) is 31.1 Å². The van der Waals surface area contributed by atoms with E-state index in [9.17, 15) is 27.6 Å². The molecule has 0 radical (unpaired) electrons. The molecule has 2 amide bonds. The number of Topliss-reactive ketones (excluding diaryl/α,β-unsaturated/α-hetero) is 2. The molecule has 4 rings (SSSR count). The van der Waals surface area contributed by atoms with Crippen LogP contribution >= 0.6 is 11.6 Å². The van der Waals surface area contributed by atoms with Crippen molar-refractivity contribution in [2.45, 2.75) is 4.90 Å². The molecule has 0 aromatic heterocycles. The van der Waals surface area contributed by atoms with E-state index in [0.717, 1.165) is 6.26 Å². The van der Waals surface area contributed by atoms with Crippen molar-refractivity contribution < 1.29 is 32.3 Å². The minimum absolute atomic E-state index is 0.0146. The summed E-state index contributed by atoms with van der Waals surface area (Å²) in [4.78, 5) is 58.1. The number of benzene rings is 2. The van der Waals surface area contributed by atoms with E-state index in [1.54, 1.807) is 29.2 Å². The van der Waals surface area contributed by atoms with Crippen LogP contribution in [0.15, 0.2) is 58.8 Å². The number of amides is 2. The van der Waals surface area contributed by atoms with Crippen molar-refractivity contribution in [1.29, 1.82) is 0 Å². The van der Waals surface area contributed by atoms with Gasteiger partial charge < -0.3 is 19.9 Å². The van der Waals surface area contributed by atoms with E-state index in [-0.39, 0.29) is 75.3 Å². The van der Waals surface area contributed by atoms with Crippen LogP contribution in [0.25, 0.3) is 0 Å². The number of halogens is 1. The van der Waals surface area contributed by atoms with Gasteiger partial charge in [0.1, 0.15) is 11.4 Å². The van der Waals surface area contributed by atoms with Crippen LogP contribution in [0.2, 0.25) is 5.02 Å². The summed E-state index contributed by atoms with van der Waals surface area (Å²) in [7, 11) is -0.451. The van der Waals surface area contributed by atoms with Crippen molar-refractivity contribution in [3.8, 4) is 0 Å². The van der Waals surface area contributed by atoms with E-state index in [1.807, 2.05) is 4.90 Å². The molecule has 218 valence electrons.